The van der Waals surface area contributed by atoms with E-state index in [1.165, 1.54) is 22.4 Å². The molecule has 0 aliphatic heterocycles. The van der Waals surface area contributed by atoms with E-state index >= 15 is 0 Å². The Kier molecular flexibility index (Phi) is 3.59. The fraction of sp³-hybridized carbons (Fsp3) is 0.438. The van der Waals surface area contributed by atoms with Crippen LogP contribution in [0.15, 0.2) is 27.4 Å². The van der Waals surface area contributed by atoms with Crippen molar-refractivity contribution in [3.63, 3.8) is 0 Å². The van der Waals surface area contributed by atoms with Gasteiger partial charge in [-0.3, -0.25) is 0 Å². The molecule has 20 heavy (non-hydrogen) atoms. The van der Waals surface area contributed by atoms with Crippen molar-refractivity contribution in [2.45, 2.75) is 25.8 Å². The molecule has 3 rings (SSSR count). The molecule has 0 saturated heterocycles. The molecule has 106 valence electrons. The van der Waals surface area contributed by atoms with Gasteiger partial charge in [-0.25, -0.2) is 4.79 Å². The summed E-state index contributed by atoms with van der Waals surface area (Å²) in [7, 11) is 2.02. The second kappa shape index (κ2) is 5.38. The first kappa shape index (κ1) is 13.3. The third-order valence-corrected chi connectivity index (χ3v) is 4.07. The third-order valence-electron chi connectivity index (χ3n) is 4.07. The summed E-state index contributed by atoms with van der Waals surface area (Å²) in [6, 6.07) is 5.80. The average Bonchev–Trinajstić information content (AvgIpc) is 2.83. The van der Waals surface area contributed by atoms with Crippen molar-refractivity contribution in [3.8, 4) is 0 Å². The summed E-state index contributed by atoms with van der Waals surface area (Å²) in [5.74, 6) is 0. The van der Waals surface area contributed by atoms with Gasteiger partial charge in [0, 0.05) is 17.0 Å². The second-order valence-corrected chi connectivity index (χ2v) is 5.67. The summed E-state index contributed by atoms with van der Waals surface area (Å²) in [5, 5.41) is 10.1. The highest BCUT2D eigenvalue weighted by molar-refractivity contribution is 5.82. The summed E-state index contributed by atoms with van der Waals surface area (Å²) in [6.45, 7) is 1.55. The average molecular weight is 274 g/mol. The molecular weight excluding hydrogens is 254 g/mol. The van der Waals surface area contributed by atoms with E-state index in [2.05, 4.69) is 6.07 Å². The molecule has 2 aromatic rings. The zero-order valence-corrected chi connectivity index (χ0v) is 11.7. The van der Waals surface area contributed by atoms with Crippen molar-refractivity contribution < 1.29 is 14.4 Å². The first-order valence-electron chi connectivity index (χ1n) is 7.18. The molecule has 2 N–H and O–H groups in total. The molecule has 1 heterocycles. The highest BCUT2D eigenvalue weighted by Crippen LogP contribution is 2.28. The quantitative estimate of drug-likeness (QED) is 0.788. The summed E-state index contributed by atoms with van der Waals surface area (Å²) < 4.78 is 5.35. The maximum Gasteiger partial charge on any atom is 0.336 e. The van der Waals surface area contributed by atoms with Crippen LogP contribution in [-0.4, -0.2) is 25.3 Å². The zero-order chi connectivity index (χ0) is 14.1. The molecular formula is C16H20NO3+. The Labute approximate surface area is 117 Å². The van der Waals surface area contributed by atoms with E-state index in [0.29, 0.717) is 12.1 Å². The Morgan fingerprint density at radius 1 is 1.25 bits per heavy atom. The fourth-order valence-electron chi connectivity index (χ4n) is 3.05. The standard InChI is InChI=1S/C16H19NO3/c1-17(5-6-18)10-13-9-16(19)20-15-8-12-4-2-3-11(12)7-14(13)15/h7-9,18H,2-6,10H2,1H3/p+1. The number of quaternary nitrogens is 1. The van der Waals surface area contributed by atoms with Crippen LogP contribution >= 0.6 is 0 Å². The maximum atomic E-state index is 11.7. The molecule has 0 radical (unpaired) electrons. The van der Waals surface area contributed by atoms with Crippen LogP contribution in [-0.2, 0) is 19.4 Å². The lowest BCUT2D eigenvalue weighted by Crippen LogP contribution is -3.08. The van der Waals surface area contributed by atoms with Crippen molar-refractivity contribution in [3.05, 3.63) is 45.3 Å². The smallest absolute Gasteiger partial charge is 0.336 e. The van der Waals surface area contributed by atoms with Crippen LogP contribution in [0.4, 0.5) is 0 Å². The molecule has 1 aliphatic rings. The third kappa shape index (κ3) is 2.49. The first-order valence-corrected chi connectivity index (χ1v) is 7.18. The van der Waals surface area contributed by atoms with Crippen LogP contribution in [0.2, 0.25) is 0 Å². The minimum Gasteiger partial charge on any atom is -0.423 e. The van der Waals surface area contributed by atoms with Gasteiger partial charge in [-0.2, -0.15) is 0 Å². The lowest BCUT2D eigenvalue weighted by molar-refractivity contribution is -0.893. The Bertz CT molecular complexity index is 690. The highest BCUT2D eigenvalue weighted by Gasteiger charge is 2.16. The van der Waals surface area contributed by atoms with Crippen LogP contribution < -0.4 is 10.5 Å². The van der Waals surface area contributed by atoms with E-state index in [4.69, 9.17) is 9.52 Å². The predicted octanol–water partition coefficient (Wildman–Crippen LogP) is 0.289. The SMILES string of the molecule is C[NH+](CCO)Cc1cc(=O)oc2cc3c(cc12)CCC3. The topological polar surface area (TPSA) is 54.9 Å². The van der Waals surface area contributed by atoms with Gasteiger partial charge in [0.25, 0.3) is 0 Å². The largest absolute Gasteiger partial charge is 0.423 e. The van der Waals surface area contributed by atoms with Gasteiger partial charge in [0.2, 0.25) is 0 Å². The van der Waals surface area contributed by atoms with E-state index in [0.717, 1.165) is 30.3 Å². The van der Waals surface area contributed by atoms with Gasteiger partial charge < -0.3 is 14.4 Å². The number of rotatable bonds is 4. The Hall–Kier alpha value is -1.65. The van der Waals surface area contributed by atoms with Crippen LogP contribution in [0.3, 0.4) is 0 Å². The van der Waals surface area contributed by atoms with Crippen LogP contribution in [0.5, 0.6) is 0 Å². The van der Waals surface area contributed by atoms with Crippen molar-refractivity contribution >= 4 is 11.0 Å². The van der Waals surface area contributed by atoms with Gasteiger partial charge in [0.15, 0.2) is 0 Å². The minimum atomic E-state index is -0.290. The van der Waals surface area contributed by atoms with E-state index in [1.807, 2.05) is 13.1 Å². The number of nitrogens with one attached hydrogen (secondary N) is 1. The summed E-state index contributed by atoms with van der Waals surface area (Å²) >= 11 is 0. The summed E-state index contributed by atoms with van der Waals surface area (Å²) in [4.78, 5) is 12.9. The van der Waals surface area contributed by atoms with Crippen molar-refractivity contribution in [1.29, 1.82) is 0 Å². The molecule has 0 amide bonds. The van der Waals surface area contributed by atoms with Crippen molar-refractivity contribution in [1.82, 2.24) is 0 Å². The Balaban J connectivity index is 2.08. The maximum absolute atomic E-state index is 11.7. The fourth-order valence-corrected chi connectivity index (χ4v) is 3.05. The molecule has 0 spiro atoms. The monoisotopic (exact) mass is 274 g/mol. The Morgan fingerprint density at radius 3 is 2.75 bits per heavy atom. The predicted molar refractivity (Wildman–Crippen MR) is 77.1 cm³/mol. The molecule has 0 fully saturated rings. The number of aryl methyl sites for hydroxylation is 2. The molecule has 1 aromatic carbocycles. The molecule has 1 aliphatic carbocycles. The summed E-state index contributed by atoms with van der Waals surface area (Å²) in [5.41, 5.74) is 4.12. The second-order valence-electron chi connectivity index (χ2n) is 5.67. The molecule has 4 nitrogen and oxygen atoms in total. The molecule has 4 heteroatoms. The lowest BCUT2D eigenvalue weighted by atomic mass is 10.0. The van der Waals surface area contributed by atoms with Crippen LogP contribution in [0, 0.1) is 0 Å². The van der Waals surface area contributed by atoms with E-state index in [9.17, 15) is 4.79 Å². The number of likely N-dealkylation sites (N-methyl/N-ethyl adjacent to an activating group) is 1. The molecule has 1 atom stereocenters. The van der Waals surface area contributed by atoms with Gasteiger partial charge in [-0.15, -0.1) is 0 Å². The zero-order valence-electron chi connectivity index (χ0n) is 11.7. The first-order chi connectivity index (χ1) is 9.67. The van der Waals surface area contributed by atoms with Gasteiger partial charge in [-0.1, -0.05) is 0 Å². The number of fused-ring (bicyclic) bond motifs is 2. The van der Waals surface area contributed by atoms with Gasteiger partial charge in [0.1, 0.15) is 18.7 Å². The van der Waals surface area contributed by atoms with Gasteiger partial charge in [0.05, 0.1) is 13.7 Å². The summed E-state index contributed by atoms with van der Waals surface area (Å²) in [6.07, 6.45) is 3.37. The van der Waals surface area contributed by atoms with E-state index < -0.39 is 0 Å². The lowest BCUT2D eigenvalue weighted by Gasteiger charge is -2.14. The van der Waals surface area contributed by atoms with Crippen LogP contribution in [0.1, 0.15) is 23.1 Å². The molecule has 0 saturated carbocycles. The number of aliphatic hydroxyl groups excluding tert-OH is 1. The number of hydrogen-bond acceptors (Lipinski definition) is 3. The van der Waals surface area contributed by atoms with E-state index in [-0.39, 0.29) is 12.2 Å². The van der Waals surface area contributed by atoms with Gasteiger partial charge in [-0.05, 0) is 42.5 Å². The highest BCUT2D eigenvalue weighted by atomic mass is 16.4. The molecule has 1 unspecified atom stereocenters. The van der Waals surface area contributed by atoms with Crippen LogP contribution in [0.25, 0.3) is 11.0 Å². The molecule has 1 aromatic heterocycles. The number of benzene rings is 1. The molecule has 0 bridgehead atoms. The van der Waals surface area contributed by atoms with Gasteiger partial charge >= 0.3 is 5.63 Å². The number of aliphatic hydroxyl groups is 1. The van der Waals surface area contributed by atoms with Crippen molar-refractivity contribution in [2.75, 3.05) is 20.2 Å². The van der Waals surface area contributed by atoms with E-state index in [1.54, 1.807) is 6.07 Å². The minimum absolute atomic E-state index is 0.153. The normalized spacial score (nSPS) is 15.5. The Morgan fingerprint density at radius 2 is 2.00 bits per heavy atom. The van der Waals surface area contributed by atoms with Crippen molar-refractivity contribution in [2.24, 2.45) is 0 Å². The number of hydrogen-bond donors (Lipinski definition) is 2.